The molecule has 0 heterocycles. The number of nitrogens with zero attached hydrogens (tertiary/aromatic N) is 1. The van der Waals surface area contributed by atoms with Gasteiger partial charge < -0.3 is 0 Å². The smallest absolute Gasteiger partial charge is 0.176 e. The van der Waals surface area contributed by atoms with Crippen LogP contribution in [0.1, 0.15) is 28.9 Å². The van der Waals surface area contributed by atoms with E-state index in [0.717, 1.165) is 16.1 Å². The van der Waals surface area contributed by atoms with E-state index in [2.05, 4.69) is 6.92 Å². The molecular weight excluding hydrogens is 270 g/mol. The second kappa shape index (κ2) is 6.69. The lowest BCUT2D eigenvalue weighted by molar-refractivity contribution is 0.0925. The highest BCUT2D eigenvalue weighted by Crippen LogP contribution is 2.26. The lowest BCUT2D eigenvalue weighted by Gasteiger charge is -2.25. The zero-order valence-electron chi connectivity index (χ0n) is 11.7. The summed E-state index contributed by atoms with van der Waals surface area (Å²) in [4.78, 5) is 14.2. The first-order valence-electron chi connectivity index (χ1n) is 6.62. The summed E-state index contributed by atoms with van der Waals surface area (Å²) >= 11 is 6.21. The molecular formula is C17H18ClNO. The summed E-state index contributed by atoms with van der Waals surface area (Å²) in [6.45, 7) is 2.43. The number of carbonyl (C=O) groups is 1. The second-order valence-electron chi connectivity index (χ2n) is 4.90. The molecule has 0 aromatic heterocycles. The van der Waals surface area contributed by atoms with Crippen molar-refractivity contribution in [1.29, 1.82) is 0 Å². The molecule has 0 saturated carbocycles. The van der Waals surface area contributed by atoms with Crippen LogP contribution in [0.3, 0.4) is 0 Å². The summed E-state index contributed by atoms with van der Waals surface area (Å²) in [7, 11) is 1.94. The molecule has 0 aliphatic carbocycles. The fraction of sp³-hybridized carbons (Fsp3) is 0.235. The summed E-state index contributed by atoms with van der Waals surface area (Å²) < 4.78 is 0. The van der Waals surface area contributed by atoms with E-state index in [-0.39, 0.29) is 11.8 Å². The maximum absolute atomic E-state index is 12.2. The first-order chi connectivity index (χ1) is 9.59. The third kappa shape index (κ3) is 3.47. The quantitative estimate of drug-likeness (QED) is 0.768. The summed E-state index contributed by atoms with van der Waals surface area (Å²) in [6, 6.07) is 17.2. The van der Waals surface area contributed by atoms with Crippen LogP contribution in [-0.4, -0.2) is 24.3 Å². The molecule has 0 N–H and O–H groups in total. The number of ketones is 1. The van der Waals surface area contributed by atoms with E-state index in [1.807, 2.05) is 66.5 Å². The minimum absolute atomic E-state index is 0.0939. The topological polar surface area (TPSA) is 20.3 Å². The Hall–Kier alpha value is -1.64. The highest BCUT2D eigenvalue weighted by atomic mass is 35.5. The molecule has 0 saturated heterocycles. The Bertz CT molecular complexity index is 583. The number of halogens is 1. The Morgan fingerprint density at radius 3 is 2.35 bits per heavy atom. The number of Topliss-reactive ketones (excluding diaryl/α,β-unsaturated/α-hetero) is 1. The van der Waals surface area contributed by atoms with Crippen LogP contribution in [0, 0.1) is 0 Å². The molecule has 0 fully saturated rings. The van der Waals surface area contributed by atoms with E-state index in [4.69, 9.17) is 11.6 Å². The van der Waals surface area contributed by atoms with Crippen molar-refractivity contribution in [1.82, 2.24) is 4.90 Å². The van der Waals surface area contributed by atoms with Crippen molar-refractivity contribution >= 4 is 17.4 Å². The largest absolute Gasteiger partial charge is 0.293 e. The van der Waals surface area contributed by atoms with Gasteiger partial charge in [-0.3, -0.25) is 9.69 Å². The number of hydrogen-bond acceptors (Lipinski definition) is 2. The van der Waals surface area contributed by atoms with Gasteiger partial charge >= 0.3 is 0 Å². The predicted molar refractivity (Wildman–Crippen MR) is 83.3 cm³/mol. The number of benzene rings is 2. The van der Waals surface area contributed by atoms with Gasteiger partial charge in [-0.05, 0) is 25.6 Å². The van der Waals surface area contributed by atoms with Crippen LogP contribution in [0.4, 0.5) is 0 Å². The molecule has 20 heavy (non-hydrogen) atoms. The molecule has 0 amide bonds. The molecule has 2 nitrogen and oxygen atoms in total. The van der Waals surface area contributed by atoms with Crippen LogP contribution in [0.25, 0.3) is 0 Å². The summed E-state index contributed by atoms with van der Waals surface area (Å²) in [5.41, 5.74) is 1.78. The van der Waals surface area contributed by atoms with E-state index in [9.17, 15) is 4.79 Å². The number of hydrogen-bond donors (Lipinski definition) is 0. The second-order valence-corrected chi connectivity index (χ2v) is 5.31. The van der Waals surface area contributed by atoms with E-state index < -0.39 is 0 Å². The monoisotopic (exact) mass is 287 g/mol. The number of carbonyl (C=O) groups excluding carboxylic acids is 1. The minimum Gasteiger partial charge on any atom is -0.293 e. The summed E-state index contributed by atoms with van der Waals surface area (Å²) in [6.07, 6.45) is 0. The van der Waals surface area contributed by atoms with Gasteiger partial charge in [0.1, 0.15) is 0 Å². The molecule has 2 rings (SSSR count). The molecule has 0 radical (unpaired) electrons. The highest BCUT2D eigenvalue weighted by molar-refractivity contribution is 6.31. The third-order valence-electron chi connectivity index (χ3n) is 3.51. The average molecular weight is 288 g/mol. The maximum Gasteiger partial charge on any atom is 0.176 e. The van der Waals surface area contributed by atoms with Gasteiger partial charge in [0.05, 0.1) is 6.54 Å². The van der Waals surface area contributed by atoms with Crippen molar-refractivity contribution < 1.29 is 4.79 Å². The van der Waals surface area contributed by atoms with Crippen molar-refractivity contribution in [3.05, 3.63) is 70.7 Å². The Morgan fingerprint density at radius 2 is 1.70 bits per heavy atom. The Balaban J connectivity index is 2.07. The van der Waals surface area contributed by atoms with Gasteiger partial charge in [0.2, 0.25) is 0 Å². The van der Waals surface area contributed by atoms with Gasteiger partial charge in [0.15, 0.2) is 5.78 Å². The molecule has 0 spiro atoms. The van der Waals surface area contributed by atoms with Crippen LogP contribution in [0.5, 0.6) is 0 Å². The summed E-state index contributed by atoms with van der Waals surface area (Å²) in [5.74, 6) is 0.118. The van der Waals surface area contributed by atoms with Crippen molar-refractivity contribution in [3.63, 3.8) is 0 Å². The Kier molecular flexibility index (Phi) is 4.94. The summed E-state index contributed by atoms with van der Waals surface area (Å²) in [5, 5.41) is 0.735. The van der Waals surface area contributed by atoms with Gasteiger partial charge in [-0.15, -0.1) is 0 Å². The average Bonchev–Trinajstić information content (AvgIpc) is 2.48. The molecule has 1 unspecified atom stereocenters. The van der Waals surface area contributed by atoms with Crippen molar-refractivity contribution in [2.24, 2.45) is 0 Å². The molecule has 0 bridgehead atoms. The molecule has 1 atom stereocenters. The molecule has 2 aromatic carbocycles. The van der Waals surface area contributed by atoms with Gasteiger partial charge in [-0.2, -0.15) is 0 Å². The standard InChI is InChI=1S/C17H18ClNO/c1-13(15-10-6-7-11-16(15)18)19(2)12-17(20)14-8-4-3-5-9-14/h3-11,13H,12H2,1-2H3. The third-order valence-corrected chi connectivity index (χ3v) is 3.85. The molecule has 2 aromatic rings. The van der Waals surface area contributed by atoms with Crippen LogP contribution >= 0.6 is 11.6 Å². The molecule has 104 valence electrons. The van der Waals surface area contributed by atoms with Crippen LogP contribution in [-0.2, 0) is 0 Å². The Labute approximate surface area is 125 Å². The molecule has 0 aliphatic rings. The maximum atomic E-state index is 12.2. The highest BCUT2D eigenvalue weighted by Gasteiger charge is 2.17. The van der Waals surface area contributed by atoms with Crippen molar-refractivity contribution in [3.8, 4) is 0 Å². The lowest BCUT2D eigenvalue weighted by Crippen LogP contribution is -2.29. The fourth-order valence-corrected chi connectivity index (χ4v) is 2.42. The van der Waals surface area contributed by atoms with Gasteiger partial charge in [0.25, 0.3) is 0 Å². The zero-order chi connectivity index (χ0) is 14.5. The van der Waals surface area contributed by atoms with Gasteiger partial charge in [0, 0.05) is 16.6 Å². The van der Waals surface area contributed by atoms with Crippen LogP contribution in [0.2, 0.25) is 5.02 Å². The zero-order valence-corrected chi connectivity index (χ0v) is 12.5. The van der Waals surface area contributed by atoms with E-state index in [0.29, 0.717) is 6.54 Å². The number of rotatable bonds is 5. The van der Waals surface area contributed by atoms with Crippen LogP contribution in [0.15, 0.2) is 54.6 Å². The first-order valence-corrected chi connectivity index (χ1v) is 7.00. The predicted octanol–water partition coefficient (Wildman–Crippen LogP) is 4.22. The minimum atomic E-state index is 0.0939. The van der Waals surface area contributed by atoms with E-state index in [1.54, 1.807) is 0 Å². The van der Waals surface area contributed by atoms with Crippen molar-refractivity contribution in [2.45, 2.75) is 13.0 Å². The number of likely N-dealkylation sites (N-methyl/N-ethyl adjacent to an activating group) is 1. The fourth-order valence-electron chi connectivity index (χ4n) is 2.13. The van der Waals surface area contributed by atoms with Crippen molar-refractivity contribution in [2.75, 3.05) is 13.6 Å². The normalized spacial score (nSPS) is 12.4. The SMILES string of the molecule is CC(c1ccccc1Cl)N(C)CC(=O)c1ccccc1. The van der Waals surface area contributed by atoms with E-state index >= 15 is 0 Å². The van der Waals surface area contributed by atoms with E-state index in [1.165, 1.54) is 0 Å². The molecule has 0 aliphatic heterocycles. The van der Waals surface area contributed by atoms with Gasteiger partial charge in [-0.1, -0.05) is 60.1 Å². The first kappa shape index (κ1) is 14.8. The van der Waals surface area contributed by atoms with Crippen LogP contribution < -0.4 is 0 Å². The van der Waals surface area contributed by atoms with Gasteiger partial charge in [-0.25, -0.2) is 0 Å². The lowest BCUT2D eigenvalue weighted by atomic mass is 10.1. The Morgan fingerprint density at radius 1 is 1.10 bits per heavy atom. The molecule has 3 heteroatoms.